The van der Waals surface area contributed by atoms with Gasteiger partial charge in [0, 0.05) is 6.61 Å². The Bertz CT molecular complexity index is 116. The summed E-state index contributed by atoms with van der Waals surface area (Å²) >= 11 is 0. The van der Waals surface area contributed by atoms with Crippen LogP contribution in [0.5, 0.6) is 0 Å². The summed E-state index contributed by atoms with van der Waals surface area (Å²) in [5.74, 6) is 0.441. The van der Waals surface area contributed by atoms with Gasteiger partial charge in [0.05, 0.1) is 0 Å². The average Bonchev–Trinajstić information content (AvgIpc) is 2.03. The fraction of sp³-hybridized carbons (Fsp3) is 0.600. The van der Waals surface area contributed by atoms with E-state index in [2.05, 4.69) is 19.6 Å². The van der Waals surface area contributed by atoms with Crippen molar-refractivity contribution in [2.45, 2.75) is 26.2 Å². The first-order valence-electron chi connectivity index (χ1n) is 4.23. The number of allylic oxidation sites excluding steroid dienone is 3. The average molecular weight is 154 g/mol. The Morgan fingerprint density at radius 2 is 2.27 bits per heavy atom. The molecule has 0 bridgehead atoms. The quantitative estimate of drug-likeness (QED) is 0.583. The van der Waals surface area contributed by atoms with Gasteiger partial charge in [-0.3, -0.25) is 0 Å². The molecule has 11 heavy (non-hydrogen) atoms. The second-order valence-corrected chi connectivity index (χ2v) is 2.74. The molecule has 1 atom stereocenters. The monoisotopic (exact) mass is 154 g/mol. The SMILES string of the molecule is C=CC=CCC(CO)CCC. The molecule has 0 spiro atoms. The third-order valence-electron chi connectivity index (χ3n) is 1.70. The highest BCUT2D eigenvalue weighted by Crippen LogP contribution is 2.10. The van der Waals surface area contributed by atoms with Crippen LogP contribution in [0.4, 0.5) is 0 Å². The van der Waals surface area contributed by atoms with Crippen LogP contribution in [0.25, 0.3) is 0 Å². The molecule has 1 unspecified atom stereocenters. The van der Waals surface area contributed by atoms with E-state index in [1.54, 1.807) is 6.08 Å². The molecule has 0 radical (unpaired) electrons. The van der Waals surface area contributed by atoms with Crippen molar-refractivity contribution in [3.63, 3.8) is 0 Å². The van der Waals surface area contributed by atoms with E-state index in [0.29, 0.717) is 12.5 Å². The maximum absolute atomic E-state index is 8.90. The molecule has 0 heterocycles. The van der Waals surface area contributed by atoms with Crippen molar-refractivity contribution in [3.8, 4) is 0 Å². The van der Waals surface area contributed by atoms with E-state index in [1.165, 1.54) is 0 Å². The zero-order valence-corrected chi connectivity index (χ0v) is 7.29. The van der Waals surface area contributed by atoms with Crippen molar-refractivity contribution in [2.75, 3.05) is 6.61 Å². The van der Waals surface area contributed by atoms with Gasteiger partial charge in [0.1, 0.15) is 0 Å². The van der Waals surface area contributed by atoms with Gasteiger partial charge in [0.15, 0.2) is 0 Å². The molecule has 0 aromatic heterocycles. The van der Waals surface area contributed by atoms with Crippen LogP contribution in [0.1, 0.15) is 26.2 Å². The summed E-state index contributed by atoms with van der Waals surface area (Å²) in [6.45, 7) is 6.02. The van der Waals surface area contributed by atoms with Gasteiger partial charge in [0.25, 0.3) is 0 Å². The van der Waals surface area contributed by atoms with Gasteiger partial charge in [-0.1, -0.05) is 38.2 Å². The highest BCUT2D eigenvalue weighted by atomic mass is 16.3. The summed E-state index contributed by atoms with van der Waals surface area (Å²) < 4.78 is 0. The van der Waals surface area contributed by atoms with Crippen molar-refractivity contribution in [1.29, 1.82) is 0 Å². The Morgan fingerprint density at radius 1 is 1.55 bits per heavy atom. The standard InChI is InChI=1S/C10H18O/c1-3-5-6-8-10(9-11)7-4-2/h3,5-6,10-11H,1,4,7-9H2,2H3. The smallest absolute Gasteiger partial charge is 0.0462 e. The predicted molar refractivity (Wildman–Crippen MR) is 49.4 cm³/mol. The third kappa shape index (κ3) is 5.86. The number of aliphatic hydroxyl groups is 1. The summed E-state index contributed by atoms with van der Waals surface area (Å²) in [5, 5.41) is 8.90. The van der Waals surface area contributed by atoms with E-state index in [4.69, 9.17) is 5.11 Å². The van der Waals surface area contributed by atoms with E-state index in [1.807, 2.05) is 6.08 Å². The lowest BCUT2D eigenvalue weighted by atomic mass is 10.0. The first-order chi connectivity index (χ1) is 5.35. The minimum Gasteiger partial charge on any atom is -0.396 e. The van der Waals surface area contributed by atoms with Crippen LogP contribution in [0, 0.1) is 5.92 Å². The summed E-state index contributed by atoms with van der Waals surface area (Å²) in [6.07, 6.45) is 8.98. The molecule has 0 amide bonds. The number of hydrogen-bond acceptors (Lipinski definition) is 1. The zero-order valence-electron chi connectivity index (χ0n) is 7.29. The van der Waals surface area contributed by atoms with Gasteiger partial charge in [0.2, 0.25) is 0 Å². The first kappa shape index (κ1) is 10.4. The van der Waals surface area contributed by atoms with Crippen LogP contribution >= 0.6 is 0 Å². The van der Waals surface area contributed by atoms with Crippen molar-refractivity contribution in [2.24, 2.45) is 5.92 Å². The Balaban J connectivity index is 3.50. The van der Waals surface area contributed by atoms with Crippen LogP contribution < -0.4 is 0 Å². The van der Waals surface area contributed by atoms with E-state index in [0.717, 1.165) is 19.3 Å². The van der Waals surface area contributed by atoms with Gasteiger partial charge in [-0.05, 0) is 18.8 Å². The van der Waals surface area contributed by atoms with Crippen LogP contribution in [-0.2, 0) is 0 Å². The van der Waals surface area contributed by atoms with E-state index in [-0.39, 0.29) is 0 Å². The molecule has 64 valence electrons. The van der Waals surface area contributed by atoms with Crippen molar-refractivity contribution in [3.05, 3.63) is 24.8 Å². The highest BCUT2D eigenvalue weighted by molar-refractivity contribution is 4.97. The second-order valence-electron chi connectivity index (χ2n) is 2.74. The van der Waals surface area contributed by atoms with Crippen LogP contribution in [-0.4, -0.2) is 11.7 Å². The Morgan fingerprint density at radius 3 is 2.73 bits per heavy atom. The van der Waals surface area contributed by atoms with Gasteiger partial charge in [-0.25, -0.2) is 0 Å². The summed E-state index contributed by atoms with van der Waals surface area (Å²) in [5.41, 5.74) is 0. The van der Waals surface area contributed by atoms with Crippen molar-refractivity contribution in [1.82, 2.24) is 0 Å². The van der Waals surface area contributed by atoms with Gasteiger partial charge < -0.3 is 5.11 Å². The molecule has 0 aromatic rings. The fourth-order valence-corrected chi connectivity index (χ4v) is 1.06. The zero-order chi connectivity index (χ0) is 8.53. The molecule has 0 aliphatic rings. The molecule has 0 fully saturated rings. The van der Waals surface area contributed by atoms with Crippen LogP contribution in [0.15, 0.2) is 24.8 Å². The maximum Gasteiger partial charge on any atom is 0.0462 e. The molecule has 0 saturated heterocycles. The fourth-order valence-electron chi connectivity index (χ4n) is 1.06. The van der Waals surface area contributed by atoms with Gasteiger partial charge in [-0.15, -0.1) is 0 Å². The molecule has 1 N–H and O–H groups in total. The molecule has 0 saturated carbocycles. The molecule has 0 aliphatic heterocycles. The van der Waals surface area contributed by atoms with E-state index in [9.17, 15) is 0 Å². The molecule has 0 rings (SSSR count). The number of hydrogen-bond donors (Lipinski definition) is 1. The molecular formula is C10H18O. The van der Waals surface area contributed by atoms with Crippen LogP contribution in [0.2, 0.25) is 0 Å². The largest absolute Gasteiger partial charge is 0.396 e. The maximum atomic E-state index is 8.90. The first-order valence-corrected chi connectivity index (χ1v) is 4.23. The normalized spacial score (nSPS) is 13.6. The Labute approximate surface area is 69.4 Å². The molecular weight excluding hydrogens is 136 g/mol. The lowest BCUT2D eigenvalue weighted by molar-refractivity contribution is 0.219. The Hall–Kier alpha value is -0.560. The molecule has 0 aromatic carbocycles. The summed E-state index contributed by atoms with van der Waals surface area (Å²) in [6, 6.07) is 0. The summed E-state index contributed by atoms with van der Waals surface area (Å²) in [7, 11) is 0. The minimum absolute atomic E-state index is 0.301. The number of aliphatic hydroxyl groups excluding tert-OH is 1. The Kier molecular flexibility index (Phi) is 7.16. The summed E-state index contributed by atoms with van der Waals surface area (Å²) in [4.78, 5) is 0. The lowest BCUT2D eigenvalue weighted by Gasteiger charge is -2.08. The second kappa shape index (κ2) is 7.55. The topological polar surface area (TPSA) is 20.2 Å². The minimum atomic E-state index is 0.301. The third-order valence-corrected chi connectivity index (χ3v) is 1.70. The highest BCUT2D eigenvalue weighted by Gasteiger charge is 2.01. The molecule has 0 aliphatic carbocycles. The van der Waals surface area contributed by atoms with E-state index >= 15 is 0 Å². The van der Waals surface area contributed by atoms with Crippen LogP contribution in [0.3, 0.4) is 0 Å². The molecule has 1 nitrogen and oxygen atoms in total. The number of rotatable bonds is 6. The predicted octanol–water partition coefficient (Wildman–Crippen LogP) is 2.53. The van der Waals surface area contributed by atoms with Gasteiger partial charge in [-0.2, -0.15) is 0 Å². The van der Waals surface area contributed by atoms with Crippen molar-refractivity contribution >= 4 is 0 Å². The van der Waals surface area contributed by atoms with E-state index < -0.39 is 0 Å². The lowest BCUT2D eigenvalue weighted by Crippen LogP contribution is -2.03. The van der Waals surface area contributed by atoms with Gasteiger partial charge >= 0.3 is 0 Å². The van der Waals surface area contributed by atoms with Crippen molar-refractivity contribution < 1.29 is 5.11 Å². The molecule has 1 heteroatoms.